The number of alkyl halides is 3. The minimum atomic E-state index is -4.35. The molecular weight excluding hydrogens is 168 g/mol. The predicted octanol–water partition coefficient (Wildman–Crippen LogP) is 0.942. The molecule has 1 radical (unpaired) electrons. The first-order chi connectivity index (χ1) is 5.54. The van der Waals surface area contributed by atoms with Gasteiger partial charge in [0.05, 0.1) is 5.56 Å². The fraction of sp³-hybridized carbons (Fsp3) is 0.143. The number of halogens is 3. The van der Waals surface area contributed by atoms with E-state index in [9.17, 15) is 13.2 Å². The first-order valence-electron chi connectivity index (χ1n) is 3.19. The van der Waals surface area contributed by atoms with Crippen LogP contribution in [0.3, 0.4) is 0 Å². The first kappa shape index (κ1) is 9.13. The minimum absolute atomic E-state index is 0.143. The van der Waals surface area contributed by atoms with Crippen LogP contribution in [0.15, 0.2) is 24.3 Å². The Morgan fingerprint density at radius 2 is 1.92 bits per heavy atom. The van der Waals surface area contributed by atoms with Gasteiger partial charge in [-0.1, -0.05) is 29.7 Å². The van der Waals surface area contributed by atoms with E-state index in [0.29, 0.717) is 7.48 Å². The highest BCUT2D eigenvalue weighted by Gasteiger charge is 2.30. The molecule has 1 rings (SSSR count). The third-order valence-electron chi connectivity index (χ3n) is 1.36. The Balaban J connectivity index is 3.02. The van der Waals surface area contributed by atoms with Crippen LogP contribution < -0.4 is 5.46 Å². The Morgan fingerprint density at radius 1 is 1.25 bits per heavy atom. The molecule has 0 amide bonds. The average molecular weight is 173 g/mol. The van der Waals surface area contributed by atoms with Crippen molar-refractivity contribution in [3.8, 4) is 0 Å². The zero-order valence-electron chi connectivity index (χ0n) is 5.97. The molecule has 0 unspecified atom stereocenters. The molecule has 1 nitrogen and oxygen atoms in total. The van der Waals surface area contributed by atoms with Gasteiger partial charge in [-0.3, -0.25) is 0 Å². The summed E-state index contributed by atoms with van der Waals surface area (Å²) in [5, 5.41) is 8.44. The van der Waals surface area contributed by atoms with Crippen molar-refractivity contribution in [2.24, 2.45) is 0 Å². The van der Waals surface area contributed by atoms with Crippen molar-refractivity contribution in [3.63, 3.8) is 0 Å². The largest absolute Gasteiger partial charge is 0.450 e. The lowest BCUT2D eigenvalue weighted by Crippen LogP contribution is -2.16. The number of hydrogen-bond donors (Lipinski definition) is 1. The lowest BCUT2D eigenvalue weighted by Gasteiger charge is -2.06. The van der Waals surface area contributed by atoms with Gasteiger partial charge in [-0.15, -0.1) is 0 Å². The summed E-state index contributed by atoms with van der Waals surface area (Å²) in [5.41, 5.74) is -0.616. The van der Waals surface area contributed by atoms with Crippen LogP contribution in [0.2, 0.25) is 0 Å². The highest BCUT2D eigenvalue weighted by atomic mass is 19.4. The molecule has 5 heteroatoms. The molecule has 63 valence electrons. The van der Waals surface area contributed by atoms with Crippen molar-refractivity contribution in [1.82, 2.24) is 0 Å². The molecule has 0 bridgehead atoms. The summed E-state index contributed by atoms with van der Waals surface area (Å²) in [6.07, 6.45) is -4.35. The van der Waals surface area contributed by atoms with E-state index < -0.39 is 11.7 Å². The monoisotopic (exact) mass is 173 g/mol. The molecular formula is C7H5BF3O. The van der Waals surface area contributed by atoms with E-state index in [1.165, 1.54) is 12.1 Å². The second-order valence-corrected chi connectivity index (χ2v) is 2.25. The Kier molecular flexibility index (Phi) is 2.42. The number of rotatable bonds is 1. The normalized spacial score (nSPS) is 11.3. The van der Waals surface area contributed by atoms with E-state index in [-0.39, 0.29) is 5.46 Å². The van der Waals surface area contributed by atoms with Gasteiger partial charge in [-0.25, -0.2) is 0 Å². The highest BCUT2D eigenvalue weighted by Crippen LogP contribution is 2.27. The van der Waals surface area contributed by atoms with E-state index in [1.54, 1.807) is 0 Å². The molecule has 0 saturated heterocycles. The summed E-state index contributed by atoms with van der Waals surface area (Å²) in [4.78, 5) is 0. The number of hydrogen-bond acceptors (Lipinski definition) is 1. The SMILES string of the molecule is O[B]c1cccc(C(F)(F)F)c1. The van der Waals surface area contributed by atoms with Gasteiger partial charge in [-0.05, 0) is 0 Å². The molecule has 0 aromatic heterocycles. The Hall–Kier alpha value is -0.965. The average Bonchev–Trinajstić information content (AvgIpc) is 2.03. The quantitative estimate of drug-likeness (QED) is 0.626. The molecule has 0 saturated carbocycles. The van der Waals surface area contributed by atoms with E-state index in [2.05, 4.69) is 0 Å². The van der Waals surface area contributed by atoms with Crippen LogP contribution in [0.4, 0.5) is 13.2 Å². The van der Waals surface area contributed by atoms with Crippen molar-refractivity contribution < 1.29 is 18.2 Å². The molecule has 0 fully saturated rings. The van der Waals surface area contributed by atoms with Crippen molar-refractivity contribution in [2.45, 2.75) is 6.18 Å². The second kappa shape index (κ2) is 3.19. The molecule has 1 N–H and O–H groups in total. The first-order valence-corrected chi connectivity index (χ1v) is 3.19. The van der Waals surface area contributed by atoms with Gasteiger partial charge in [-0.2, -0.15) is 13.2 Å². The van der Waals surface area contributed by atoms with E-state index in [4.69, 9.17) is 5.02 Å². The maximum Gasteiger partial charge on any atom is 0.416 e. The molecule has 0 atom stereocenters. The third-order valence-corrected chi connectivity index (χ3v) is 1.36. The lowest BCUT2D eigenvalue weighted by atomic mass is 9.87. The van der Waals surface area contributed by atoms with Gasteiger partial charge in [0.15, 0.2) is 0 Å². The molecule has 0 spiro atoms. The van der Waals surface area contributed by atoms with Gasteiger partial charge >= 0.3 is 13.7 Å². The number of benzene rings is 1. The van der Waals surface area contributed by atoms with Crippen molar-refractivity contribution in [1.29, 1.82) is 0 Å². The standard InChI is InChI=1S/C7H5BF3O/c9-7(10,11)5-2-1-3-6(4-5)8-12/h1-4,12H. The third kappa shape index (κ3) is 2.01. The molecule has 1 aromatic carbocycles. The molecule has 0 aliphatic heterocycles. The highest BCUT2D eigenvalue weighted by molar-refractivity contribution is 6.45. The maximum atomic E-state index is 12.0. The minimum Gasteiger partial charge on any atom is -0.450 e. The van der Waals surface area contributed by atoms with Crippen LogP contribution in [0.1, 0.15) is 5.56 Å². The second-order valence-electron chi connectivity index (χ2n) is 2.25. The predicted molar refractivity (Wildman–Crippen MR) is 39.1 cm³/mol. The van der Waals surface area contributed by atoms with E-state index >= 15 is 0 Å². The van der Waals surface area contributed by atoms with Crippen molar-refractivity contribution in [3.05, 3.63) is 29.8 Å². The van der Waals surface area contributed by atoms with Crippen LogP contribution in [0.5, 0.6) is 0 Å². The summed E-state index contributed by atoms with van der Waals surface area (Å²) in [6, 6.07) is 4.45. The zero-order chi connectivity index (χ0) is 9.19. The molecule has 0 aliphatic carbocycles. The van der Waals surface area contributed by atoms with Gasteiger partial charge in [0.2, 0.25) is 0 Å². The molecule has 0 aliphatic rings. The summed E-state index contributed by atoms with van der Waals surface area (Å²) in [6.45, 7) is 0. The summed E-state index contributed by atoms with van der Waals surface area (Å²) in [7, 11) is 0.634. The Labute approximate surface area is 68.1 Å². The Morgan fingerprint density at radius 3 is 2.42 bits per heavy atom. The molecule has 0 heterocycles. The zero-order valence-corrected chi connectivity index (χ0v) is 5.97. The van der Waals surface area contributed by atoms with Crippen LogP contribution in [-0.4, -0.2) is 12.5 Å². The van der Waals surface area contributed by atoms with Crippen LogP contribution >= 0.6 is 0 Å². The van der Waals surface area contributed by atoms with Gasteiger partial charge in [0.25, 0.3) is 0 Å². The van der Waals surface area contributed by atoms with Crippen molar-refractivity contribution in [2.75, 3.05) is 0 Å². The molecule has 1 aromatic rings. The fourth-order valence-corrected chi connectivity index (χ4v) is 0.795. The van der Waals surface area contributed by atoms with Gasteiger partial charge in [0.1, 0.15) is 0 Å². The maximum absolute atomic E-state index is 12.0. The Bertz CT molecular complexity index is 272. The lowest BCUT2D eigenvalue weighted by molar-refractivity contribution is -0.137. The van der Waals surface area contributed by atoms with Crippen molar-refractivity contribution >= 4 is 12.9 Å². The fourth-order valence-electron chi connectivity index (χ4n) is 0.795. The molecule has 12 heavy (non-hydrogen) atoms. The summed E-state index contributed by atoms with van der Waals surface area (Å²) in [5.74, 6) is 0. The summed E-state index contributed by atoms with van der Waals surface area (Å²) >= 11 is 0. The van der Waals surface area contributed by atoms with Gasteiger partial charge in [0, 0.05) is 0 Å². The summed E-state index contributed by atoms with van der Waals surface area (Å²) < 4.78 is 36.0. The smallest absolute Gasteiger partial charge is 0.416 e. The van der Waals surface area contributed by atoms with Crippen LogP contribution in [0.25, 0.3) is 0 Å². The van der Waals surface area contributed by atoms with Crippen LogP contribution in [0, 0.1) is 0 Å². The van der Waals surface area contributed by atoms with E-state index in [1.807, 2.05) is 0 Å². The van der Waals surface area contributed by atoms with Crippen LogP contribution in [-0.2, 0) is 6.18 Å². The van der Waals surface area contributed by atoms with Gasteiger partial charge < -0.3 is 5.02 Å². The van der Waals surface area contributed by atoms with E-state index in [0.717, 1.165) is 12.1 Å². The topological polar surface area (TPSA) is 20.2 Å².